The third kappa shape index (κ3) is 3.71. The number of hydrogen-bond acceptors (Lipinski definition) is 2. The molecule has 19 heavy (non-hydrogen) atoms. The molecule has 0 saturated heterocycles. The van der Waals surface area contributed by atoms with E-state index in [0.717, 1.165) is 32.2 Å². The summed E-state index contributed by atoms with van der Waals surface area (Å²) in [5.74, 6) is 0.193. The van der Waals surface area contributed by atoms with Gasteiger partial charge in [0.2, 0.25) is 5.91 Å². The Bertz CT molecular complexity index is 273. The molecular formula is C16H32N2O. The first-order chi connectivity index (χ1) is 9.08. The van der Waals surface area contributed by atoms with E-state index in [4.69, 9.17) is 5.73 Å². The van der Waals surface area contributed by atoms with E-state index in [-0.39, 0.29) is 11.3 Å². The summed E-state index contributed by atoms with van der Waals surface area (Å²) in [5.41, 5.74) is 5.99. The molecule has 0 aliphatic heterocycles. The molecule has 0 atom stereocenters. The van der Waals surface area contributed by atoms with Gasteiger partial charge in [-0.3, -0.25) is 4.79 Å². The van der Waals surface area contributed by atoms with Gasteiger partial charge < -0.3 is 11.1 Å². The molecule has 0 bridgehead atoms. The molecule has 3 heteroatoms. The Kier molecular flexibility index (Phi) is 6.31. The largest absolute Gasteiger partial charge is 0.355 e. The second kappa shape index (κ2) is 7.28. The molecule has 0 spiro atoms. The molecule has 112 valence electrons. The molecule has 1 aliphatic rings. The number of carbonyl (C=O) groups excluding carboxylic acids is 1. The molecular weight excluding hydrogens is 236 g/mol. The summed E-state index contributed by atoms with van der Waals surface area (Å²) in [6.45, 7) is 7.82. The number of hydrogen-bond donors (Lipinski definition) is 2. The van der Waals surface area contributed by atoms with Gasteiger partial charge in [0.1, 0.15) is 0 Å². The van der Waals surface area contributed by atoms with Gasteiger partial charge in [-0.1, -0.05) is 40.0 Å². The summed E-state index contributed by atoms with van der Waals surface area (Å²) in [4.78, 5) is 12.6. The lowest BCUT2D eigenvalue weighted by molar-refractivity contribution is -0.132. The molecule has 0 aromatic rings. The van der Waals surface area contributed by atoms with Crippen LogP contribution < -0.4 is 11.1 Å². The smallest absolute Gasteiger partial charge is 0.227 e. The van der Waals surface area contributed by atoms with Crippen LogP contribution in [0.15, 0.2) is 0 Å². The monoisotopic (exact) mass is 268 g/mol. The van der Waals surface area contributed by atoms with Crippen LogP contribution in [0.4, 0.5) is 0 Å². The van der Waals surface area contributed by atoms with Crippen LogP contribution in [0.1, 0.15) is 72.1 Å². The average molecular weight is 268 g/mol. The molecule has 1 amide bonds. The molecule has 3 nitrogen and oxygen atoms in total. The lowest BCUT2D eigenvalue weighted by Crippen LogP contribution is -2.50. The van der Waals surface area contributed by atoms with Gasteiger partial charge in [0.15, 0.2) is 0 Å². The van der Waals surface area contributed by atoms with E-state index >= 15 is 0 Å². The fraction of sp³-hybridized carbons (Fsp3) is 0.938. The van der Waals surface area contributed by atoms with E-state index in [9.17, 15) is 4.79 Å². The number of nitrogens with one attached hydrogen (secondary N) is 1. The zero-order chi connectivity index (χ0) is 14.4. The number of carbonyl (C=O) groups is 1. The summed E-state index contributed by atoms with van der Waals surface area (Å²) >= 11 is 0. The second-order valence-corrected chi connectivity index (χ2v) is 6.37. The second-order valence-electron chi connectivity index (χ2n) is 6.37. The van der Waals surface area contributed by atoms with E-state index in [0.29, 0.717) is 12.0 Å². The highest BCUT2D eigenvalue weighted by molar-refractivity contribution is 5.82. The van der Waals surface area contributed by atoms with Crippen LogP contribution in [-0.2, 0) is 4.79 Å². The normalized spacial score (nSPS) is 17.9. The Labute approximate surface area is 118 Å². The molecule has 0 radical (unpaired) electrons. The third-order valence-corrected chi connectivity index (χ3v) is 5.12. The topological polar surface area (TPSA) is 55.1 Å². The Morgan fingerprint density at radius 1 is 1.21 bits per heavy atom. The maximum atomic E-state index is 12.6. The van der Waals surface area contributed by atoms with Crippen LogP contribution in [0.25, 0.3) is 0 Å². The highest BCUT2D eigenvalue weighted by Gasteiger charge is 2.39. The Hall–Kier alpha value is -0.570. The first-order valence-corrected chi connectivity index (χ1v) is 8.06. The molecule has 1 aliphatic carbocycles. The molecule has 0 heterocycles. The van der Waals surface area contributed by atoms with E-state index in [1.807, 2.05) is 0 Å². The average Bonchev–Trinajstić information content (AvgIpc) is 2.37. The third-order valence-electron chi connectivity index (χ3n) is 5.12. The van der Waals surface area contributed by atoms with Crippen molar-refractivity contribution in [2.24, 2.45) is 16.6 Å². The van der Waals surface area contributed by atoms with Gasteiger partial charge in [-0.05, 0) is 37.5 Å². The van der Waals surface area contributed by atoms with Crippen LogP contribution in [0.5, 0.6) is 0 Å². The minimum absolute atomic E-state index is 0.193. The number of nitrogens with two attached hydrogens (primary N) is 1. The molecule has 3 N–H and O–H groups in total. The highest BCUT2D eigenvalue weighted by atomic mass is 16.2. The Morgan fingerprint density at radius 2 is 1.79 bits per heavy atom. The van der Waals surface area contributed by atoms with E-state index in [1.54, 1.807) is 0 Å². The van der Waals surface area contributed by atoms with Gasteiger partial charge in [-0.25, -0.2) is 0 Å². The lowest BCUT2D eigenvalue weighted by Gasteiger charge is -2.42. The van der Waals surface area contributed by atoms with E-state index in [1.165, 1.54) is 25.7 Å². The van der Waals surface area contributed by atoms with Crippen LogP contribution in [0.2, 0.25) is 0 Å². The van der Waals surface area contributed by atoms with Gasteiger partial charge in [0.05, 0.1) is 5.41 Å². The van der Waals surface area contributed by atoms with Crippen molar-refractivity contribution in [2.75, 3.05) is 13.1 Å². The molecule has 0 aromatic heterocycles. The summed E-state index contributed by atoms with van der Waals surface area (Å²) in [6, 6.07) is 0. The zero-order valence-corrected chi connectivity index (χ0v) is 13.1. The van der Waals surface area contributed by atoms with Crippen LogP contribution in [0.3, 0.4) is 0 Å². The van der Waals surface area contributed by atoms with Crippen LogP contribution in [0, 0.1) is 10.8 Å². The van der Waals surface area contributed by atoms with Gasteiger partial charge in [-0.15, -0.1) is 0 Å². The summed E-state index contributed by atoms with van der Waals surface area (Å²) in [6.07, 6.45) is 8.86. The van der Waals surface area contributed by atoms with Crippen molar-refractivity contribution in [1.29, 1.82) is 0 Å². The fourth-order valence-corrected chi connectivity index (χ4v) is 3.39. The standard InChI is InChI=1S/C16H32N2O/c1-4-8-16(12-17,9-5-2)14(19)18-13-15(6-3)10-7-11-15/h4-13,17H2,1-3H3,(H,18,19). The summed E-state index contributed by atoms with van der Waals surface area (Å²) < 4.78 is 0. The highest BCUT2D eigenvalue weighted by Crippen LogP contribution is 2.43. The van der Waals surface area contributed by atoms with Gasteiger partial charge in [0, 0.05) is 13.1 Å². The molecule has 0 aromatic carbocycles. The first kappa shape index (κ1) is 16.5. The Balaban J connectivity index is 2.60. The van der Waals surface area contributed by atoms with E-state index in [2.05, 4.69) is 26.1 Å². The van der Waals surface area contributed by atoms with Crippen molar-refractivity contribution in [3.05, 3.63) is 0 Å². The van der Waals surface area contributed by atoms with Crippen molar-refractivity contribution in [3.8, 4) is 0 Å². The minimum atomic E-state index is -0.331. The summed E-state index contributed by atoms with van der Waals surface area (Å²) in [7, 11) is 0. The molecule has 0 unspecified atom stereocenters. The van der Waals surface area contributed by atoms with Crippen molar-refractivity contribution in [2.45, 2.75) is 72.1 Å². The van der Waals surface area contributed by atoms with E-state index < -0.39 is 0 Å². The van der Waals surface area contributed by atoms with Crippen LogP contribution in [-0.4, -0.2) is 19.0 Å². The SMILES string of the molecule is CCCC(CN)(CCC)C(=O)NCC1(CC)CCC1. The maximum absolute atomic E-state index is 12.6. The lowest BCUT2D eigenvalue weighted by atomic mass is 9.67. The van der Waals surface area contributed by atoms with Crippen molar-refractivity contribution >= 4 is 5.91 Å². The van der Waals surface area contributed by atoms with Crippen molar-refractivity contribution in [1.82, 2.24) is 5.32 Å². The molecule has 1 saturated carbocycles. The van der Waals surface area contributed by atoms with Crippen molar-refractivity contribution < 1.29 is 4.79 Å². The van der Waals surface area contributed by atoms with Gasteiger partial charge in [-0.2, -0.15) is 0 Å². The van der Waals surface area contributed by atoms with Gasteiger partial charge >= 0.3 is 0 Å². The molecule has 1 rings (SSSR count). The molecule has 1 fully saturated rings. The fourth-order valence-electron chi connectivity index (χ4n) is 3.39. The first-order valence-electron chi connectivity index (χ1n) is 8.06. The number of amides is 1. The van der Waals surface area contributed by atoms with Crippen LogP contribution >= 0.6 is 0 Å². The van der Waals surface area contributed by atoms with Gasteiger partial charge in [0.25, 0.3) is 0 Å². The van der Waals surface area contributed by atoms with Crippen molar-refractivity contribution in [3.63, 3.8) is 0 Å². The minimum Gasteiger partial charge on any atom is -0.355 e. The number of rotatable bonds is 9. The zero-order valence-electron chi connectivity index (χ0n) is 13.1. The quantitative estimate of drug-likeness (QED) is 0.674. The maximum Gasteiger partial charge on any atom is 0.227 e. The summed E-state index contributed by atoms with van der Waals surface area (Å²) in [5, 5.41) is 3.22. The predicted molar refractivity (Wildman–Crippen MR) is 80.9 cm³/mol. The predicted octanol–water partition coefficient (Wildman–Crippen LogP) is 3.23. The Morgan fingerprint density at radius 3 is 2.11 bits per heavy atom.